The van der Waals surface area contributed by atoms with E-state index in [1.165, 1.54) is 0 Å². The molecule has 0 fully saturated rings. The molecule has 1 amide bonds. The molecule has 0 spiro atoms. The molecule has 0 radical (unpaired) electrons. The van der Waals surface area contributed by atoms with Crippen molar-refractivity contribution in [1.29, 1.82) is 0 Å². The number of hydrazone groups is 1. The third-order valence-corrected chi connectivity index (χ3v) is 4.80. The Hall–Kier alpha value is -3.11. The van der Waals surface area contributed by atoms with Crippen LogP contribution in [0.15, 0.2) is 71.8 Å². The minimum atomic E-state index is -0.331. The molecule has 0 saturated heterocycles. The lowest BCUT2D eigenvalue weighted by Gasteiger charge is -2.09. The standard InChI is InChI=1S/C23H21ClN2O2/c1-16-12-21(13-17(2)23(16)24)28-15-22(27)26-25-14-18-8-10-20(11-9-18)19-6-4-3-5-7-19/h3-14H,15H2,1-2H3,(H,26,27). The van der Waals surface area contributed by atoms with Crippen molar-refractivity contribution >= 4 is 23.7 Å². The number of carbonyl (C=O) groups excluding carboxylic acids is 1. The van der Waals surface area contributed by atoms with Gasteiger partial charge < -0.3 is 4.74 Å². The predicted molar refractivity (Wildman–Crippen MR) is 114 cm³/mol. The Bertz CT molecular complexity index is 960. The number of nitrogens with one attached hydrogen (secondary N) is 1. The van der Waals surface area contributed by atoms with Crippen LogP contribution in [-0.4, -0.2) is 18.7 Å². The van der Waals surface area contributed by atoms with E-state index in [-0.39, 0.29) is 12.5 Å². The summed E-state index contributed by atoms with van der Waals surface area (Å²) in [6, 6.07) is 21.7. The van der Waals surface area contributed by atoms with Gasteiger partial charge >= 0.3 is 0 Å². The number of nitrogens with zero attached hydrogens (tertiary/aromatic N) is 1. The summed E-state index contributed by atoms with van der Waals surface area (Å²) in [5.74, 6) is 0.275. The van der Waals surface area contributed by atoms with Gasteiger partial charge in [-0.3, -0.25) is 4.79 Å². The number of amides is 1. The summed E-state index contributed by atoms with van der Waals surface area (Å²) in [4.78, 5) is 11.9. The van der Waals surface area contributed by atoms with Gasteiger partial charge in [-0.2, -0.15) is 5.10 Å². The van der Waals surface area contributed by atoms with Gasteiger partial charge in [0, 0.05) is 5.02 Å². The highest BCUT2D eigenvalue weighted by Crippen LogP contribution is 2.25. The molecule has 0 bridgehead atoms. The van der Waals surface area contributed by atoms with E-state index in [1.54, 1.807) is 18.3 Å². The third-order valence-electron chi connectivity index (χ3n) is 4.20. The molecular weight excluding hydrogens is 372 g/mol. The topological polar surface area (TPSA) is 50.7 Å². The van der Waals surface area contributed by atoms with Crippen LogP contribution in [0.5, 0.6) is 5.75 Å². The van der Waals surface area contributed by atoms with Gasteiger partial charge in [-0.1, -0.05) is 66.2 Å². The normalized spacial score (nSPS) is 10.8. The van der Waals surface area contributed by atoms with Gasteiger partial charge in [-0.15, -0.1) is 0 Å². The van der Waals surface area contributed by atoms with E-state index in [1.807, 2.05) is 56.3 Å². The zero-order valence-corrected chi connectivity index (χ0v) is 16.5. The Balaban J connectivity index is 1.51. The van der Waals surface area contributed by atoms with Crippen molar-refractivity contribution in [3.05, 3.63) is 88.4 Å². The van der Waals surface area contributed by atoms with E-state index in [9.17, 15) is 4.79 Å². The monoisotopic (exact) mass is 392 g/mol. The molecule has 0 aliphatic rings. The SMILES string of the molecule is Cc1cc(OCC(=O)NN=Cc2ccc(-c3ccccc3)cc2)cc(C)c1Cl. The van der Waals surface area contributed by atoms with Crippen molar-refractivity contribution in [2.75, 3.05) is 6.61 Å². The third kappa shape index (κ3) is 5.21. The number of benzene rings is 3. The van der Waals surface area contributed by atoms with Crippen LogP contribution in [0.1, 0.15) is 16.7 Å². The van der Waals surface area contributed by atoms with Crippen LogP contribution in [0, 0.1) is 13.8 Å². The number of carbonyl (C=O) groups is 1. The van der Waals surface area contributed by atoms with Crippen LogP contribution in [0.2, 0.25) is 5.02 Å². The van der Waals surface area contributed by atoms with Crippen LogP contribution in [0.3, 0.4) is 0 Å². The largest absolute Gasteiger partial charge is 0.484 e. The number of ether oxygens (including phenoxy) is 1. The average molecular weight is 393 g/mol. The molecule has 0 saturated carbocycles. The maximum atomic E-state index is 11.9. The number of halogens is 1. The van der Waals surface area contributed by atoms with Gasteiger partial charge in [0.1, 0.15) is 5.75 Å². The minimum absolute atomic E-state index is 0.120. The molecule has 0 atom stereocenters. The highest BCUT2D eigenvalue weighted by Gasteiger charge is 2.06. The lowest BCUT2D eigenvalue weighted by Crippen LogP contribution is -2.24. The van der Waals surface area contributed by atoms with E-state index in [0.29, 0.717) is 10.8 Å². The number of rotatable bonds is 6. The number of aryl methyl sites for hydroxylation is 2. The van der Waals surface area contributed by atoms with Crippen LogP contribution >= 0.6 is 11.6 Å². The maximum absolute atomic E-state index is 11.9. The Kier molecular flexibility index (Phi) is 6.45. The summed E-state index contributed by atoms with van der Waals surface area (Å²) < 4.78 is 5.51. The summed E-state index contributed by atoms with van der Waals surface area (Å²) in [7, 11) is 0. The fourth-order valence-corrected chi connectivity index (χ4v) is 2.85. The van der Waals surface area contributed by atoms with E-state index in [4.69, 9.17) is 16.3 Å². The predicted octanol–water partition coefficient (Wildman–Crippen LogP) is 5.15. The Morgan fingerprint density at radius 2 is 1.61 bits per heavy atom. The highest BCUT2D eigenvalue weighted by atomic mass is 35.5. The number of hydrogen-bond donors (Lipinski definition) is 1. The van der Waals surface area contributed by atoms with Gasteiger partial charge in [0.2, 0.25) is 0 Å². The summed E-state index contributed by atoms with van der Waals surface area (Å²) in [6.07, 6.45) is 1.60. The molecule has 5 heteroatoms. The highest BCUT2D eigenvalue weighted by molar-refractivity contribution is 6.32. The molecule has 0 aromatic heterocycles. The molecule has 1 N–H and O–H groups in total. The van der Waals surface area contributed by atoms with Gasteiger partial charge in [0.15, 0.2) is 6.61 Å². The molecule has 28 heavy (non-hydrogen) atoms. The molecule has 142 valence electrons. The second-order valence-corrected chi connectivity index (χ2v) is 6.82. The zero-order chi connectivity index (χ0) is 19.9. The quantitative estimate of drug-likeness (QED) is 0.465. The molecule has 0 aliphatic heterocycles. The van der Waals surface area contributed by atoms with Crippen molar-refractivity contribution in [2.24, 2.45) is 5.10 Å². The van der Waals surface area contributed by atoms with Crippen molar-refractivity contribution < 1.29 is 9.53 Å². The average Bonchev–Trinajstić information content (AvgIpc) is 2.71. The number of hydrogen-bond acceptors (Lipinski definition) is 3. The molecular formula is C23H21ClN2O2. The molecule has 0 heterocycles. The Morgan fingerprint density at radius 1 is 1.00 bits per heavy atom. The smallest absolute Gasteiger partial charge is 0.277 e. The molecule has 3 rings (SSSR count). The molecule has 0 aliphatic carbocycles. The first kappa shape index (κ1) is 19.6. The van der Waals surface area contributed by atoms with Crippen LogP contribution in [-0.2, 0) is 4.79 Å². The lowest BCUT2D eigenvalue weighted by molar-refractivity contribution is -0.123. The van der Waals surface area contributed by atoms with E-state index < -0.39 is 0 Å². The van der Waals surface area contributed by atoms with Crippen LogP contribution < -0.4 is 10.2 Å². The summed E-state index contributed by atoms with van der Waals surface area (Å²) in [5, 5.41) is 4.69. The summed E-state index contributed by atoms with van der Waals surface area (Å²) in [5.41, 5.74) is 7.47. The van der Waals surface area contributed by atoms with E-state index >= 15 is 0 Å². The van der Waals surface area contributed by atoms with Crippen LogP contribution in [0.25, 0.3) is 11.1 Å². The van der Waals surface area contributed by atoms with Gasteiger partial charge in [-0.25, -0.2) is 5.43 Å². The maximum Gasteiger partial charge on any atom is 0.277 e. The second-order valence-electron chi connectivity index (χ2n) is 6.44. The van der Waals surface area contributed by atoms with E-state index in [0.717, 1.165) is 27.8 Å². The van der Waals surface area contributed by atoms with Crippen molar-refractivity contribution in [3.63, 3.8) is 0 Å². The molecule has 4 nitrogen and oxygen atoms in total. The molecule has 0 unspecified atom stereocenters. The Labute approximate surface area is 169 Å². The van der Waals surface area contributed by atoms with Crippen molar-refractivity contribution in [3.8, 4) is 16.9 Å². The fraction of sp³-hybridized carbons (Fsp3) is 0.130. The van der Waals surface area contributed by atoms with Gasteiger partial charge in [0.25, 0.3) is 5.91 Å². The van der Waals surface area contributed by atoms with Gasteiger partial charge in [-0.05, 0) is 53.8 Å². The van der Waals surface area contributed by atoms with Gasteiger partial charge in [0.05, 0.1) is 6.21 Å². The first-order valence-electron chi connectivity index (χ1n) is 8.90. The Morgan fingerprint density at radius 3 is 2.25 bits per heavy atom. The first-order chi connectivity index (χ1) is 13.5. The van der Waals surface area contributed by atoms with Crippen molar-refractivity contribution in [2.45, 2.75) is 13.8 Å². The molecule has 3 aromatic rings. The zero-order valence-electron chi connectivity index (χ0n) is 15.8. The summed E-state index contributed by atoms with van der Waals surface area (Å²) in [6.45, 7) is 3.68. The van der Waals surface area contributed by atoms with Crippen molar-refractivity contribution in [1.82, 2.24) is 5.43 Å². The van der Waals surface area contributed by atoms with E-state index in [2.05, 4.69) is 22.7 Å². The lowest BCUT2D eigenvalue weighted by atomic mass is 10.0. The van der Waals surface area contributed by atoms with Crippen LogP contribution in [0.4, 0.5) is 0 Å². The fourth-order valence-electron chi connectivity index (χ4n) is 2.74. The summed E-state index contributed by atoms with van der Waals surface area (Å²) >= 11 is 6.13. The minimum Gasteiger partial charge on any atom is -0.484 e. The molecule has 3 aromatic carbocycles. The second kappa shape index (κ2) is 9.20. The first-order valence-corrected chi connectivity index (χ1v) is 9.27.